The summed E-state index contributed by atoms with van der Waals surface area (Å²) in [7, 11) is 0. The third-order valence-corrected chi connectivity index (χ3v) is 7.99. The fourth-order valence-corrected chi connectivity index (χ4v) is 5.56. The summed E-state index contributed by atoms with van der Waals surface area (Å²) in [6.45, 7) is 15.5. The molecule has 2 heteroatoms. The zero-order valence-corrected chi connectivity index (χ0v) is 24.7. The molecule has 37 heavy (non-hydrogen) atoms. The van der Waals surface area contributed by atoms with Crippen molar-refractivity contribution in [1.29, 1.82) is 0 Å². The van der Waals surface area contributed by atoms with E-state index < -0.39 is 0 Å². The van der Waals surface area contributed by atoms with Gasteiger partial charge in [0.05, 0.1) is 0 Å². The highest BCUT2D eigenvalue weighted by molar-refractivity contribution is 6.08. The van der Waals surface area contributed by atoms with E-state index in [1.54, 1.807) is 12.1 Å². The van der Waals surface area contributed by atoms with Gasteiger partial charge in [-0.3, -0.25) is 4.79 Å². The molecular weight excluding hydrogens is 452 g/mol. The Morgan fingerprint density at radius 2 is 1.35 bits per heavy atom. The van der Waals surface area contributed by atoms with Gasteiger partial charge in [-0.2, -0.15) is 0 Å². The molecular formula is C35H52O2. The Labute approximate surface area is 227 Å². The van der Waals surface area contributed by atoms with Gasteiger partial charge in [-0.1, -0.05) is 111 Å². The van der Waals surface area contributed by atoms with Crippen molar-refractivity contribution in [3.63, 3.8) is 0 Å². The summed E-state index contributed by atoms with van der Waals surface area (Å²) in [6.07, 6.45) is 14.9. The molecule has 0 aliphatic carbocycles. The lowest BCUT2D eigenvalue weighted by Gasteiger charge is -2.24. The van der Waals surface area contributed by atoms with E-state index in [4.69, 9.17) is 0 Å². The first-order valence-electron chi connectivity index (χ1n) is 15.0. The summed E-state index contributed by atoms with van der Waals surface area (Å²) in [4.78, 5) is 13.8. The van der Waals surface area contributed by atoms with Crippen LogP contribution in [-0.2, 0) is 6.42 Å². The number of phenols is 1. The van der Waals surface area contributed by atoms with Crippen molar-refractivity contribution in [2.45, 2.75) is 130 Å². The van der Waals surface area contributed by atoms with E-state index in [1.807, 2.05) is 12.1 Å². The highest BCUT2D eigenvalue weighted by Crippen LogP contribution is 2.40. The van der Waals surface area contributed by atoms with Gasteiger partial charge in [-0.25, -0.2) is 0 Å². The predicted molar refractivity (Wildman–Crippen MR) is 161 cm³/mol. The van der Waals surface area contributed by atoms with Crippen molar-refractivity contribution in [1.82, 2.24) is 0 Å². The van der Waals surface area contributed by atoms with E-state index in [9.17, 15) is 9.90 Å². The molecule has 0 aromatic heterocycles. The Kier molecular flexibility index (Phi) is 13.2. The van der Waals surface area contributed by atoms with Crippen molar-refractivity contribution in [3.05, 3.63) is 69.8 Å². The molecule has 0 spiro atoms. The van der Waals surface area contributed by atoms with Crippen LogP contribution in [0.25, 0.3) is 6.08 Å². The van der Waals surface area contributed by atoms with Crippen LogP contribution in [0, 0.1) is 0 Å². The monoisotopic (exact) mass is 504 g/mol. The van der Waals surface area contributed by atoms with Crippen LogP contribution in [0.5, 0.6) is 5.75 Å². The number of ketones is 1. The molecule has 0 bridgehead atoms. The maximum absolute atomic E-state index is 13.8. The van der Waals surface area contributed by atoms with Crippen LogP contribution in [0.3, 0.4) is 0 Å². The average Bonchev–Trinajstić information content (AvgIpc) is 2.91. The SMILES string of the molecule is CCCCC(C)c1ccc(CC)cc1/C=C/C(=O)c1ccc(O)c(C(C)CCCC)c1C(C)CCCC. The van der Waals surface area contributed by atoms with Crippen LogP contribution in [0.1, 0.15) is 162 Å². The number of unbranched alkanes of at least 4 members (excludes halogenated alkanes) is 3. The molecule has 0 heterocycles. The molecule has 2 aromatic rings. The van der Waals surface area contributed by atoms with Crippen LogP contribution in [0.2, 0.25) is 0 Å². The number of carbonyl (C=O) groups excluding carboxylic acids is 1. The second-order valence-corrected chi connectivity index (χ2v) is 11.1. The maximum Gasteiger partial charge on any atom is 0.186 e. The fraction of sp³-hybridized carbons (Fsp3) is 0.571. The lowest BCUT2D eigenvalue weighted by atomic mass is 9.80. The number of hydrogen-bond donors (Lipinski definition) is 1. The van der Waals surface area contributed by atoms with Gasteiger partial charge in [0.1, 0.15) is 5.75 Å². The summed E-state index contributed by atoms with van der Waals surface area (Å²) >= 11 is 0. The number of phenolic OH excluding ortho intramolecular Hbond substituents is 1. The normalized spacial score (nSPS) is 14.1. The van der Waals surface area contributed by atoms with Crippen molar-refractivity contribution in [2.75, 3.05) is 0 Å². The molecule has 2 rings (SSSR count). The molecule has 0 saturated heterocycles. The van der Waals surface area contributed by atoms with Crippen LogP contribution >= 0.6 is 0 Å². The highest BCUT2D eigenvalue weighted by atomic mass is 16.3. The van der Waals surface area contributed by atoms with E-state index in [2.05, 4.69) is 66.7 Å². The second-order valence-electron chi connectivity index (χ2n) is 11.1. The van der Waals surface area contributed by atoms with Gasteiger partial charge in [-0.15, -0.1) is 0 Å². The molecule has 2 nitrogen and oxygen atoms in total. The number of rotatable bonds is 16. The largest absolute Gasteiger partial charge is 0.508 e. The van der Waals surface area contributed by atoms with Gasteiger partial charge < -0.3 is 5.11 Å². The molecule has 0 amide bonds. The summed E-state index contributed by atoms with van der Waals surface area (Å²) in [5.74, 6) is 1.29. The fourth-order valence-electron chi connectivity index (χ4n) is 5.56. The molecule has 2 aromatic carbocycles. The number of aryl methyl sites for hydroxylation is 1. The Hall–Kier alpha value is -2.35. The standard InChI is InChI=1S/C35H52O2/c1-8-12-15-25(5)30-20-18-28(11-4)24-29(30)19-22-32(36)31-21-23-33(37)35(27(7)17-14-10-3)34(31)26(6)16-13-9-2/h18-27,37H,8-17H2,1-7H3/b22-19+. The molecule has 0 aliphatic rings. The van der Waals surface area contributed by atoms with Crippen LogP contribution in [0.15, 0.2) is 36.4 Å². The van der Waals surface area contributed by atoms with Crippen LogP contribution in [-0.4, -0.2) is 10.9 Å². The zero-order valence-electron chi connectivity index (χ0n) is 24.7. The van der Waals surface area contributed by atoms with Gasteiger partial charge in [0.2, 0.25) is 0 Å². The van der Waals surface area contributed by atoms with Crippen molar-refractivity contribution in [2.24, 2.45) is 0 Å². The minimum atomic E-state index is 0.0383. The van der Waals surface area contributed by atoms with E-state index in [1.165, 1.54) is 24.0 Å². The average molecular weight is 505 g/mol. The zero-order chi connectivity index (χ0) is 27.4. The van der Waals surface area contributed by atoms with Gasteiger partial charge in [0.25, 0.3) is 0 Å². The highest BCUT2D eigenvalue weighted by Gasteiger charge is 2.24. The summed E-state index contributed by atoms with van der Waals surface area (Å²) in [5.41, 5.74) is 6.58. The van der Waals surface area contributed by atoms with Gasteiger partial charge >= 0.3 is 0 Å². The number of allylic oxidation sites excluding steroid dienone is 1. The molecule has 0 radical (unpaired) electrons. The molecule has 0 aliphatic heterocycles. The summed E-state index contributed by atoms with van der Waals surface area (Å²) in [5, 5.41) is 10.9. The molecule has 3 unspecified atom stereocenters. The Balaban J connectivity index is 2.53. The van der Waals surface area contributed by atoms with Crippen LogP contribution in [0.4, 0.5) is 0 Å². The third-order valence-electron chi connectivity index (χ3n) is 7.99. The first-order valence-corrected chi connectivity index (χ1v) is 15.0. The van der Waals surface area contributed by atoms with Gasteiger partial charge in [0, 0.05) is 11.1 Å². The van der Waals surface area contributed by atoms with Crippen molar-refractivity contribution >= 4 is 11.9 Å². The number of aromatic hydroxyl groups is 1. The van der Waals surface area contributed by atoms with Crippen molar-refractivity contribution in [3.8, 4) is 5.75 Å². The van der Waals surface area contributed by atoms with E-state index in [-0.39, 0.29) is 17.6 Å². The lowest BCUT2D eigenvalue weighted by Crippen LogP contribution is -2.11. The third kappa shape index (κ3) is 8.59. The molecule has 0 saturated carbocycles. The Morgan fingerprint density at radius 1 is 0.784 bits per heavy atom. The lowest BCUT2D eigenvalue weighted by molar-refractivity contribution is 0.104. The first-order chi connectivity index (χ1) is 17.8. The molecule has 0 fully saturated rings. The summed E-state index contributed by atoms with van der Waals surface area (Å²) < 4.78 is 0. The van der Waals surface area contributed by atoms with E-state index in [0.717, 1.165) is 73.6 Å². The Bertz CT molecular complexity index is 1020. The summed E-state index contributed by atoms with van der Waals surface area (Å²) in [6, 6.07) is 10.3. The number of carbonyl (C=O) groups is 1. The van der Waals surface area contributed by atoms with E-state index >= 15 is 0 Å². The quantitative estimate of drug-likeness (QED) is 0.182. The topological polar surface area (TPSA) is 37.3 Å². The minimum absolute atomic E-state index is 0.0383. The first kappa shape index (κ1) is 30.9. The number of hydrogen-bond acceptors (Lipinski definition) is 2. The van der Waals surface area contributed by atoms with E-state index in [0.29, 0.717) is 11.7 Å². The van der Waals surface area contributed by atoms with Gasteiger partial charge in [-0.05, 0) is 83.9 Å². The number of benzene rings is 2. The predicted octanol–water partition coefficient (Wildman–Crippen LogP) is 10.7. The second kappa shape index (κ2) is 15.8. The molecule has 204 valence electrons. The van der Waals surface area contributed by atoms with Crippen molar-refractivity contribution < 1.29 is 9.90 Å². The van der Waals surface area contributed by atoms with Gasteiger partial charge in [0.15, 0.2) is 5.78 Å². The maximum atomic E-state index is 13.8. The molecule has 1 N–H and O–H groups in total. The minimum Gasteiger partial charge on any atom is -0.508 e. The molecule has 3 atom stereocenters. The van der Waals surface area contributed by atoms with Crippen LogP contribution < -0.4 is 0 Å². The smallest absolute Gasteiger partial charge is 0.186 e. The Morgan fingerprint density at radius 3 is 1.92 bits per heavy atom.